The summed E-state index contributed by atoms with van der Waals surface area (Å²) < 4.78 is 10.3. The number of methoxy groups -OCH3 is 1. The fraction of sp³-hybridized carbons (Fsp3) is 0.0769. The van der Waals surface area contributed by atoms with Gasteiger partial charge in [0.05, 0.1) is 18.1 Å². The molecule has 21 heavy (non-hydrogen) atoms. The molecule has 0 aliphatic carbocycles. The van der Waals surface area contributed by atoms with Gasteiger partial charge in [-0.1, -0.05) is 0 Å². The van der Waals surface area contributed by atoms with Gasteiger partial charge >= 0.3 is 5.69 Å². The lowest BCUT2D eigenvalue weighted by molar-refractivity contribution is -0.385. The number of aromatic nitrogens is 1. The topological polar surface area (TPSA) is 124 Å². The number of nitrogens with one attached hydrogen (secondary N) is 1. The molecule has 0 amide bonds. The minimum atomic E-state index is -0.564. The van der Waals surface area contributed by atoms with Gasteiger partial charge < -0.3 is 15.2 Å². The summed E-state index contributed by atoms with van der Waals surface area (Å²) in [7, 11) is 1.35. The summed E-state index contributed by atoms with van der Waals surface area (Å²) in [4.78, 5) is 14.3. The Labute approximate surface area is 119 Å². The maximum absolute atomic E-state index is 10.9. The van der Waals surface area contributed by atoms with Gasteiger partial charge in [-0.2, -0.15) is 0 Å². The number of amidine groups is 1. The van der Waals surface area contributed by atoms with Gasteiger partial charge in [0, 0.05) is 17.8 Å². The first-order valence-corrected chi connectivity index (χ1v) is 5.82. The third kappa shape index (κ3) is 3.24. The molecule has 1 aromatic heterocycles. The van der Waals surface area contributed by atoms with E-state index in [4.69, 9.17) is 20.6 Å². The first-order valence-electron chi connectivity index (χ1n) is 5.82. The first kappa shape index (κ1) is 14.3. The van der Waals surface area contributed by atoms with Crippen LogP contribution >= 0.6 is 0 Å². The average molecular weight is 288 g/mol. The molecule has 3 N–H and O–H groups in total. The van der Waals surface area contributed by atoms with Crippen LogP contribution in [0.25, 0.3) is 0 Å². The number of ether oxygens (including phenoxy) is 2. The van der Waals surface area contributed by atoms with E-state index in [0.717, 1.165) is 0 Å². The molecule has 8 nitrogen and oxygen atoms in total. The zero-order valence-corrected chi connectivity index (χ0v) is 11.1. The highest BCUT2D eigenvalue weighted by atomic mass is 16.6. The van der Waals surface area contributed by atoms with E-state index in [2.05, 4.69) is 4.98 Å². The SMILES string of the molecule is COc1ccc(Oc2cc(C(=N)N)ccn2)cc1[N+](=O)[O-]. The number of hydrogen-bond donors (Lipinski definition) is 2. The smallest absolute Gasteiger partial charge is 0.314 e. The van der Waals surface area contributed by atoms with Gasteiger partial charge in [-0.3, -0.25) is 15.5 Å². The second-order valence-electron chi connectivity index (χ2n) is 3.99. The van der Waals surface area contributed by atoms with Crippen molar-refractivity contribution in [3.05, 3.63) is 52.2 Å². The Kier molecular flexibility index (Phi) is 3.98. The van der Waals surface area contributed by atoms with Crippen LogP contribution in [0.5, 0.6) is 17.4 Å². The van der Waals surface area contributed by atoms with Gasteiger partial charge in [0.1, 0.15) is 11.6 Å². The van der Waals surface area contributed by atoms with Crippen molar-refractivity contribution < 1.29 is 14.4 Å². The zero-order chi connectivity index (χ0) is 15.4. The zero-order valence-electron chi connectivity index (χ0n) is 11.1. The van der Waals surface area contributed by atoms with E-state index in [-0.39, 0.29) is 28.9 Å². The Morgan fingerprint density at radius 3 is 2.76 bits per heavy atom. The number of rotatable bonds is 5. The van der Waals surface area contributed by atoms with Crippen LogP contribution in [0.2, 0.25) is 0 Å². The molecule has 2 rings (SSSR count). The summed E-state index contributed by atoms with van der Waals surface area (Å²) in [6.45, 7) is 0. The summed E-state index contributed by atoms with van der Waals surface area (Å²) >= 11 is 0. The van der Waals surface area contributed by atoms with Crippen molar-refractivity contribution >= 4 is 11.5 Å². The molecule has 0 bridgehead atoms. The van der Waals surface area contributed by atoms with E-state index in [1.54, 1.807) is 6.07 Å². The van der Waals surface area contributed by atoms with Crippen LogP contribution in [-0.4, -0.2) is 22.9 Å². The second-order valence-corrected chi connectivity index (χ2v) is 3.99. The predicted octanol–water partition coefficient (Wildman–Crippen LogP) is 2.07. The van der Waals surface area contributed by atoms with E-state index >= 15 is 0 Å². The fourth-order valence-electron chi connectivity index (χ4n) is 1.63. The summed E-state index contributed by atoms with van der Waals surface area (Å²) in [5.41, 5.74) is 5.61. The molecule has 8 heteroatoms. The second kappa shape index (κ2) is 5.87. The lowest BCUT2D eigenvalue weighted by Gasteiger charge is -2.07. The molecule has 0 radical (unpaired) electrons. The molecule has 0 unspecified atom stereocenters. The van der Waals surface area contributed by atoms with Gasteiger partial charge in [-0.15, -0.1) is 0 Å². The van der Waals surface area contributed by atoms with Crippen molar-refractivity contribution in [3.63, 3.8) is 0 Å². The van der Waals surface area contributed by atoms with Crippen molar-refractivity contribution in [1.82, 2.24) is 4.98 Å². The van der Waals surface area contributed by atoms with Crippen LogP contribution in [0.15, 0.2) is 36.5 Å². The molecule has 0 spiro atoms. The normalized spacial score (nSPS) is 9.95. The number of pyridine rings is 1. The highest BCUT2D eigenvalue weighted by Gasteiger charge is 2.16. The van der Waals surface area contributed by atoms with Gasteiger partial charge in [0.25, 0.3) is 0 Å². The molecular weight excluding hydrogens is 276 g/mol. The van der Waals surface area contributed by atoms with E-state index in [9.17, 15) is 10.1 Å². The molecule has 0 aliphatic heterocycles. The Balaban J connectivity index is 2.31. The van der Waals surface area contributed by atoms with Crippen molar-refractivity contribution in [2.75, 3.05) is 7.11 Å². The number of nitrogens with zero attached hydrogens (tertiary/aromatic N) is 2. The Morgan fingerprint density at radius 1 is 1.38 bits per heavy atom. The Hall–Kier alpha value is -3.16. The predicted molar refractivity (Wildman–Crippen MR) is 75.0 cm³/mol. The third-order valence-corrected chi connectivity index (χ3v) is 2.62. The van der Waals surface area contributed by atoms with E-state index in [1.807, 2.05) is 0 Å². The van der Waals surface area contributed by atoms with Crippen LogP contribution < -0.4 is 15.2 Å². The molecule has 0 saturated carbocycles. The fourth-order valence-corrected chi connectivity index (χ4v) is 1.63. The molecule has 108 valence electrons. The average Bonchev–Trinajstić information content (AvgIpc) is 2.47. The molecule has 1 heterocycles. The van der Waals surface area contributed by atoms with Gasteiger partial charge in [0.2, 0.25) is 5.88 Å². The summed E-state index contributed by atoms with van der Waals surface area (Å²) in [5.74, 6) is 0.429. The first-order chi connectivity index (χ1) is 10.0. The van der Waals surface area contributed by atoms with Crippen LogP contribution in [-0.2, 0) is 0 Å². The highest BCUT2D eigenvalue weighted by Crippen LogP contribution is 2.32. The van der Waals surface area contributed by atoms with Gasteiger partial charge in [-0.05, 0) is 18.2 Å². The molecule has 1 aromatic carbocycles. The minimum Gasteiger partial charge on any atom is -0.490 e. The van der Waals surface area contributed by atoms with Crippen molar-refractivity contribution in [2.45, 2.75) is 0 Å². The van der Waals surface area contributed by atoms with E-state index in [1.165, 1.54) is 37.6 Å². The highest BCUT2D eigenvalue weighted by molar-refractivity contribution is 5.95. The number of nitro benzene ring substituents is 1. The number of nitrogen functional groups attached to an aromatic ring is 1. The van der Waals surface area contributed by atoms with Crippen LogP contribution in [0.4, 0.5) is 5.69 Å². The van der Waals surface area contributed by atoms with Gasteiger partial charge in [-0.25, -0.2) is 4.98 Å². The Morgan fingerprint density at radius 2 is 2.14 bits per heavy atom. The van der Waals surface area contributed by atoms with E-state index < -0.39 is 4.92 Å². The molecule has 0 saturated heterocycles. The van der Waals surface area contributed by atoms with Gasteiger partial charge in [0.15, 0.2) is 5.75 Å². The van der Waals surface area contributed by atoms with Crippen molar-refractivity contribution in [2.24, 2.45) is 5.73 Å². The molecule has 0 fully saturated rings. The van der Waals surface area contributed by atoms with Crippen molar-refractivity contribution in [1.29, 1.82) is 5.41 Å². The third-order valence-electron chi connectivity index (χ3n) is 2.62. The van der Waals surface area contributed by atoms with Crippen LogP contribution in [0.1, 0.15) is 5.56 Å². The molecule has 0 aliphatic rings. The maximum atomic E-state index is 10.9. The summed E-state index contributed by atoms with van der Waals surface area (Å²) in [5, 5.41) is 18.3. The minimum absolute atomic E-state index is 0.122. The number of hydrogen-bond acceptors (Lipinski definition) is 6. The molecule has 2 aromatic rings. The van der Waals surface area contributed by atoms with E-state index in [0.29, 0.717) is 5.56 Å². The lowest BCUT2D eigenvalue weighted by Crippen LogP contribution is -2.11. The van der Waals surface area contributed by atoms with Crippen molar-refractivity contribution in [3.8, 4) is 17.4 Å². The number of nitrogens with two attached hydrogens (primary N) is 1. The number of benzene rings is 1. The maximum Gasteiger partial charge on any atom is 0.314 e. The van der Waals surface area contributed by atoms with Crippen LogP contribution in [0.3, 0.4) is 0 Å². The largest absolute Gasteiger partial charge is 0.490 e. The number of nitro groups is 1. The van der Waals surface area contributed by atoms with Crippen LogP contribution in [0, 0.1) is 15.5 Å². The standard InChI is InChI=1S/C13H12N4O4/c1-20-11-3-2-9(7-10(11)17(18)19)21-12-6-8(13(14)15)4-5-16-12/h2-7H,1H3,(H3,14,15). The summed E-state index contributed by atoms with van der Waals surface area (Å²) in [6.07, 6.45) is 1.43. The molecular formula is C13H12N4O4. The quantitative estimate of drug-likeness (QED) is 0.375. The molecule has 0 atom stereocenters. The Bertz CT molecular complexity index is 702. The summed E-state index contributed by atoms with van der Waals surface area (Å²) in [6, 6.07) is 7.22. The monoisotopic (exact) mass is 288 g/mol. The lowest BCUT2D eigenvalue weighted by atomic mass is 10.2.